The highest BCUT2D eigenvalue weighted by Gasteiger charge is 2.34. The number of nitrogens with one attached hydrogen (secondary N) is 1. The predicted molar refractivity (Wildman–Crippen MR) is 163 cm³/mol. The summed E-state index contributed by atoms with van der Waals surface area (Å²) in [7, 11) is -4.37. The number of rotatable bonds is 13. The van der Waals surface area contributed by atoms with Gasteiger partial charge in [0.2, 0.25) is 11.8 Å². The zero-order valence-electron chi connectivity index (χ0n) is 23.4. The summed E-state index contributed by atoms with van der Waals surface area (Å²) in [4.78, 5) is 39.5. The van der Waals surface area contributed by atoms with Gasteiger partial charge in [0.05, 0.1) is 15.5 Å². The number of benzene rings is 3. The van der Waals surface area contributed by atoms with Crippen molar-refractivity contribution in [2.75, 3.05) is 10.8 Å². The van der Waals surface area contributed by atoms with E-state index in [9.17, 15) is 28.1 Å². The van der Waals surface area contributed by atoms with E-state index in [1.807, 2.05) is 13.8 Å². The Kier molecular flexibility index (Phi) is 11.3. The molecule has 224 valence electrons. The second kappa shape index (κ2) is 14.5. The Hall–Kier alpha value is -3.67. The number of carbonyl (C=O) groups excluding carboxylic acids is 2. The number of non-ortho nitro benzene ring substituents is 1. The first-order valence-electron chi connectivity index (χ1n) is 13.2. The van der Waals surface area contributed by atoms with Gasteiger partial charge in [-0.3, -0.25) is 24.0 Å². The molecule has 0 unspecified atom stereocenters. The van der Waals surface area contributed by atoms with E-state index in [1.54, 1.807) is 25.1 Å². The summed E-state index contributed by atoms with van der Waals surface area (Å²) in [6.07, 6.45) is 0.885. The Bertz CT molecular complexity index is 1540. The Morgan fingerprint density at radius 2 is 1.67 bits per heavy atom. The van der Waals surface area contributed by atoms with E-state index >= 15 is 0 Å². The fourth-order valence-corrected chi connectivity index (χ4v) is 6.10. The van der Waals surface area contributed by atoms with Gasteiger partial charge in [-0.25, -0.2) is 8.42 Å². The number of sulfonamides is 1. The number of nitro groups is 1. The summed E-state index contributed by atoms with van der Waals surface area (Å²) in [6.45, 7) is 4.63. The summed E-state index contributed by atoms with van der Waals surface area (Å²) in [5, 5.41) is 15.0. The number of nitro benzene ring substituents is 1. The lowest BCUT2D eigenvalue weighted by Crippen LogP contribution is -2.53. The maximum Gasteiger partial charge on any atom is 0.271 e. The fourth-order valence-electron chi connectivity index (χ4n) is 4.20. The molecule has 0 radical (unpaired) electrons. The van der Waals surface area contributed by atoms with Crippen LogP contribution >= 0.6 is 23.2 Å². The number of carbonyl (C=O) groups is 2. The van der Waals surface area contributed by atoms with Crippen molar-refractivity contribution in [1.82, 2.24) is 10.2 Å². The molecule has 0 spiro atoms. The molecule has 3 aromatic carbocycles. The molecule has 1 N–H and O–H groups in total. The van der Waals surface area contributed by atoms with Crippen molar-refractivity contribution in [3.05, 3.63) is 98.5 Å². The molecule has 3 rings (SSSR count). The van der Waals surface area contributed by atoms with Crippen LogP contribution in [0.25, 0.3) is 0 Å². The van der Waals surface area contributed by atoms with Crippen LogP contribution in [0.3, 0.4) is 0 Å². The molecule has 2 atom stereocenters. The molecule has 2 amide bonds. The quantitative estimate of drug-likeness (QED) is 0.186. The summed E-state index contributed by atoms with van der Waals surface area (Å²) in [5.41, 5.74) is 0.0670. The van der Waals surface area contributed by atoms with Gasteiger partial charge in [-0.1, -0.05) is 67.4 Å². The zero-order valence-corrected chi connectivity index (χ0v) is 25.7. The highest BCUT2D eigenvalue weighted by Crippen LogP contribution is 2.29. The monoisotopic (exact) mass is 634 g/mol. The molecule has 13 heteroatoms. The van der Waals surface area contributed by atoms with E-state index in [0.717, 1.165) is 10.4 Å². The van der Waals surface area contributed by atoms with Crippen LogP contribution in [0.15, 0.2) is 77.7 Å². The SMILES string of the molecule is CC[C@@H](C)NC(=O)[C@H](CC)N(Cc1ccc(Cl)cc1Cl)C(=O)CN(c1cccc([N+](=O)[O-])c1)S(=O)(=O)c1ccccc1. The molecule has 0 aliphatic carbocycles. The van der Waals surface area contributed by atoms with Gasteiger partial charge in [-0.15, -0.1) is 0 Å². The van der Waals surface area contributed by atoms with Crippen molar-refractivity contribution in [3.8, 4) is 0 Å². The van der Waals surface area contributed by atoms with Crippen molar-refractivity contribution in [3.63, 3.8) is 0 Å². The lowest BCUT2D eigenvalue weighted by molar-refractivity contribution is -0.384. The molecule has 0 saturated carbocycles. The number of nitrogens with zero attached hydrogens (tertiary/aromatic N) is 3. The lowest BCUT2D eigenvalue weighted by atomic mass is 10.1. The second-order valence-electron chi connectivity index (χ2n) is 9.60. The zero-order chi connectivity index (χ0) is 31.0. The third-order valence-electron chi connectivity index (χ3n) is 6.68. The molecule has 3 aromatic rings. The van der Waals surface area contributed by atoms with Gasteiger partial charge in [0.15, 0.2) is 0 Å². The number of halogens is 2. The largest absolute Gasteiger partial charge is 0.352 e. The molecule has 0 aliphatic heterocycles. The average molecular weight is 636 g/mol. The van der Waals surface area contributed by atoms with Crippen molar-refractivity contribution >= 4 is 56.4 Å². The Labute approximate surface area is 255 Å². The van der Waals surface area contributed by atoms with Crippen LogP contribution in [0.5, 0.6) is 0 Å². The maximum absolute atomic E-state index is 14.1. The molecule has 0 heterocycles. The Morgan fingerprint density at radius 1 is 0.976 bits per heavy atom. The standard InChI is InChI=1S/C29H32Cl2N4O6S/c1-4-20(3)32-29(37)27(5-2)33(18-21-14-15-22(30)16-26(21)31)28(36)19-34(23-10-9-11-24(17-23)35(38)39)42(40,41)25-12-7-6-8-13-25/h6-17,20,27H,4-5,18-19H2,1-3H3,(H,32,37)/t20-,27+/m1/s1. The molecule has 0 aromatic heterocycles. The molecule has 0 saturated heterocycles. The maximum atomic E-state index is 14.1. The topological polar surface area (TPSA) is 130 Å². The number of anilines is 1. The predicted octanol–water partition coefficient (Wildman–Crippen LogP) is 5.82. The summed E-state index contributed by atoms with van der Waals surface area (Å²) in [6, 6.07) is 16.0. The molecular formula is C29H32Cl2N4O6S. The smallest absolute Gasteiger partial charge is 0.271 e. The van der Waals surface area contributed by atoms with E-state index in [1.165, 1.54) is 53.4 Å². The van der Waals surface area contributed by atoms with Crippen LogP contribution in [-0.4, -0.2) is 48.7 Å². The van der Waals surface area contributed by atoms with Crippen LogP contribution in [0.1, 0.15) is 39.2 Å². The third kappa shape index (κ3) is 7.99. The normalized spacial score (nSPS) is 12.7. The highest BCUT2D eigenvalue weighted by molar-refractivity contribution is 7.92. The van der Waals surface area contributed by atoms with Gasteiger partial charge >= 0.3 is 0 Å². The number of amides is 2. The Morgan fingerprint density at radius 3 is 2.26 bits per heavy atom. The number of hydrogen-bond donors (Lipinski definition) is 1. The van der Waals surface area contributed by atoms with Crippen LogP contribution < -0.4 is 9.62 Å². The fraction of sp³-hybridized carbons (Fsp3) is 0.310. The first-order valence-corrected chi connectivity index (χ1v) is 15.4. The van der Waals surface area contributed by atoms with Gasteiger partial charge in [0.25, 0.3) is 15.7 Å². The Balaban J connectivity index is 2.11. The minimum Gasteiger partial charge on any atom is -0.352 e. The summed E-state index contributed by atoms with van der Waals surface area (Å²) >= 11 is 12.5. The second-order valence-corrected chi connectivity index (χ2v) is 12.3. The first-order chi connectivity index (χ1) is 19.9. The van der Waals surface area contributed by atoms with E-state index in [-0.39, 0.29) is 40.3 Å². The van der Waals surface area contributed by atoms with Crippen LogP contribution in [0.4, 0.5) is 11.4 Å². The van der Waals surface area contributed by atoms with Crippen molar-refractivity contribution in [2.45, 2.75) is 57.1 Å². The van der Waals surface area contributed by atoms with Gasteiger partial charge < -0.3 is 10.2 Å². The van der Waals surface area contributed by atoms with Gasteiger partial charge in [-0.2, -0.15) is 0 Å². The minimum absolute atomic E-state index is 0.0806. The van der Waals surface area contributed by atoms with Crippen molar-refractivity contribution in [1.29, 1.82) is 0 Å². The minimum atomic E-state index is -4.37. The average Bonchev–Trinajstić information content (AvgIpc) is 2.97. The van der Waals surface area contributed by atoms with E-state index in [0.29, 0.717) is 17.0 Å². The van der Waals surface area contributed by atoms with Gasteiger partial charge in [0, 0.05) is 34.8 Å². The van der Waals surface area contributed by atoms with Crippen LogP contribution in [0, 0.1) is 10.1 Å². The first kappa shape index (κ1) is 32.8. The summed E-state index contributed by atoms with van der Waals surface area (Å²) < 4.78 is 28.5. The summed E-state index contributed by atoms with van der Waals surface area (Å²) in [5.74, 6) is -1.11. The molecule has 0 aliphatic rings. The van der Waals surface area contributed by atoms with E-state index in [2.05, 4.69) is 5.32 Å². The lowest BCUT2D eigenvalue weighted by Gasteiger charge is -2.34. The van der Waals surface area contributed by atoms with Crippen LogP contribution in [-0.2, 0) is 26.2 Å². The highest BCUT2D eigenvalue weighted by atomic mass is 35.5. The van der Waals surface area contributed by atoms with E-state index < -0.39 is 39.3 Å². The third-order valence-corrected chi connectivity index (χ3v) is 9.06. The molecular weight excluding hydrogens is 603 g/mol. The van der Waals surface area contributed by atoms with E-state index in [4.69, 9.17) is 23.2 Å². The molecule has 0 fully saturated rings. The molecule has 42 heavy (non-hydrogen) atoms. The molecule has 10 nitrogen and oxygen atoms in total. The van der Waals surface area contributed by atoms with Gasteiger partial charge in [0.1, 0.15) is 12.6 Å². The van der Waals surface area contributed by atoms with Crippen molar-refractivity contribution in [2.24, 2.45) is 0 Å². The van der Waals surface area contributed by atoms with Gasteiger partial charge in [-0.05, 0) is 55.7 Å². The number of hydrogen-bond acceptors (Lipinski definition) is 6. The van der Waals surface area contributed by atoms with Crippen LogP contribution in [0.2, 0.25) is 10.0 Å². The van der Waals surface area contributed by atoms with Crippen molar-refractivity contribution < 1.29 is 22.9 Å². The molecule has 0 bridgehead atoms.